The minimum absolute atomic E-state index is 0.0198. The number of anilines is 2. The van der Waals surface area contributed by atoms with Crippen molar-refractivity contribution in [2.24, 2.45) is 0 Å². The van der Waals surface area contributed by atoms with Crippen molar-refractivity contribution in [3.05, 3.63) is 48.5 Å². The molecule has 0 aliphatic carbocycles. The molecule has 1 saturated heterocycles. The molecular formula is C22H21N3O4S. The van der Waals surface area contributed by atoms with Gasteiger partial charge in [-0.3, -0.25) is 19.4 Å². The third-order valence-electron chi connectivity index (χ3n) is 5.33. The summed E-state index contributed by atoms with van der Waals surface area (Å²) in [6, 6.07) is 15.1. The molecule has 0 saturated carbocycles. The molecule has 1 atom stereocenters. The lowest BCUT2D eigenvalue weighted by molar-refractivity contribution is -0.124. The minimum atomic E-state index is -0.233. The molecule has 1 fully saturated rings. The molecule has 1 aromatic heterocycles. The third kappa shape index (κ3) is 3.64. The number of ether oxygens (including phenoxy) is 2. The highest BCUT2D eigenvalue weighted by Crippen LogP contribution is 2.33. The maximum Gasteiger partial charge on any atom is 0.265 e. The van der Waals surface area contributed by atoms with Crippen molar-refractivity contribution in [3.63, 3.8) is 0 Å². The van der Waals surface area contributed by atoms with Gasteiger partial charge >= 0.3 is 0 Å². The number of para-hydroxylation sites is 3. The van der Waals surface area contributed by atoms with E-state index in [0.29, 0.717) is 29.7 Å². The molecule has 2 amide bonds. The lowest BCUT2D eigenvalue weighted by atomic mass is 10.2. The zero-order valence-corrected chi connectivity index (χ0v) is 17.1. The molecule has 2 aliphatic rings. The summed E-state index contributed by atoms with van der Waals surface area (Å²) in [5.74, 6) is 0.189. The molecule has 3 heterocycles. The molecule has 8 heteroatoms. The van der Waals surface area contributed by atoms with Crippen LogP contribution < -0.4 is 14.5 Å². The lowest BCUT2D eigenvalue weighted by Gasteiger charge is -2.31. The van der Waals surface area contributed by atoms with Gasteiger partial charge in [0.05, 0.1) is 28.6 Å². The van der Waals surface area contributed by atoms with Gasteiger partial charge in [-0.2, -0.15) is 0 Å². The summed E-state index contributed by atoms with van der Waals surface area (Å²) in [6.07, 6.45) is 1.88. The van der Waals surface area contributed by atoms with E-state index in [1.54, 1.807) is 17.0 Å². The topological polar surface area (TPSA) is 72.0 Å². The van der Waals surface area contributed by atoms with E-state index in [9.17, 15) is 9.59 Å². The zero-order chi connectivity index (χ0) is 20.5. The van der Waals surface area contributed by atoms with Gasteiger partial charge in [0, 0.05) is 6.61 Å². The number of hydrogen-bond donors (Lipinski definition) is 0. The number of carbonyl (C=O) groups is 2. The van der Waals surface area contributed by atoms with Gasteiger partial charge < -0.3 is 9.47 Å². The van der Waals surface area contributed by atoms with Gasteiger partial charge in [0.25, 0.3) is 5.91 Å². The number of benzene rings is 2. The first-order valence-corrected chi connectivity index (χ1v) is 10.8. The molecule has 7 nitrogen and oxygen atoms in total. The van der Waals surface area contributed by atoms with Crippen LogP contribution >= 0.6 is 11.3 Å². The number of thiazole rings is 1. The summed E-state index contributed by atoms with van der Waals surface area (Å²) in [5.41, 5.74) is 1.47. The Kier molecular flexibility index (Phi) is 5.10. The fraction of sp³-hybridized carbons (Fsp3) is 0.318. The van der Waals surface area contributed by atoms with Gasteiger partial charge in [-0.25, -0.2) is 4.98 Å². The van der Waals surface area contributed by atoms with E-state index in [2.05, 4.69) is 4.98 Å². The van der Waals surface area contributed by atoms with Crippen LogP contribution in [-0.2, 0) is 14.3 Å². The predicted molar refractivity (Wildman–Crippen MR) is 115 cm³/mol. The Hall–Kier alpha value is -2.97. The molecule has 30 heavy (non-hydrogen) atoms. The molecule has 5 rings (SSSR count). The Labute approximate surface area is 177 Å². The van der Waals surface area contributed by atoms with Gasteiger partial charge in [-0.05, 0) is 37.1 Å². The summed E-state index contributed by atoms with van der Waals surface area (Å²) in [7, 11) is 0. The minimum Gasteiger partial charge on any atom is -0.482 e. The summed E-state index contributed by atoms with van der Waals surface area (Å²) < 4.78 is 12.3. The van der Waals surface area contributed by atoms with Crippen LogP contribution in [0.3, 0.4) is 0 Å². The van der Waals surface area contributed by atoms with E-state index in [1.807, 2.05) is 36.4 Å². The molecule has 154 valence electrons. The van der Waals surface area contributed by atoms with E-state index >= 15 is 0 Å². The molecule has 0 radical (unpaired) electrons. The van der Waals surface area contributed by atoms with Gasteiger partial charge in [0.15, 0.2) is 11.7 Å². The Bertz CT molecular complexity index is 1060. The Morgan fingerprint density at radius 2 is 2.03 bits per heavy atom. The Morgan fingerprint density at radius 3 is 2.87 bits per heavy atom. The first-order valence-electron chi connectivity index (χ1n) is 9.99. The monoisotopic (exact) mass is 423 g/mol. The number of fused-ring (bicyclic) bond motifs is 2. The molecule has 2 aliphatic heterocycles. The predicted octanol–water partition coefficient (Wildman–Crippen LogP) is 3.23. The van der Waals surface area contributed by atoms with Crippen LogP contribution in [0.25, 0.3) is 10.2 Å². The summed E-state index contributed by atoms with van der Waals surface area (Å²) >= 11 is 1.48. The zero-order valence-electron chi connectivity index (χ0n) is 16.3. The average molecular weight is 423 g/mol. The van der Waals surface area contributed by atoms with Crippen LogP contribution in [0.2, 0.25) is 0 Å². The largest absolute Gasteiger partial charge is 0.482 e. The maximum atomic E-state index is 13.4. The first kappa shape index (κ1) is 19.0. The van der Waals surface area contributed by atoms with Gasteiger partial charge in [0.2, 0.25) is 5.91 Å². The number of aromatic nitrogens is 1. The maximum absolute atomic E-state index is 13.4. The van der Waals surface area contributed by atoms with E-state index in [-0.39, 0.29) is 31.1 Å². The van der Waals surface area contributed by atoms with Crippen molar-refractivity contribution in [1.82, 2.24) is 4.98 Å². The van der Waals surface area contributed by atoms with Crippen LogP contribution in [0.15, 0.2) is 48.5 Å². The molecule has 2 aromatic carbocycles. The van der Waals surface area contributed by atoms with Crippen molar-refractivity contribution >= 4 is 44.2 Å². The highest BCUT2D eigenvalue weighted by Gasteiger charge is 2.31. The Balaban J connectivity index is 1.45. The van der Waals surface area contributed by atoms with Crippen LogP contribution in [-0.4, -0.2) is 49.2 Å². The second-order valence-electron chi connectivity index (χ2n) is 7.34. The number of rotatable bonds is 5. The van der Waals surface area contributed by atoms with E-state index in [1.165, 1.54) is 16.2 Å². The quantitative estimate of drug-likeness (QED) is 0.630. The smallest absolute Gasteiger partial charge is 0.265 e. The van der Waals surface area contributed by atoms with E-state index in [0.717, 1.165) is 23.1 Å². The van der Waals surface area contributed by atoms with Crippen molar-refractivity contribution < 1.29 is 19.1 Å². The summed E-state index contributed by atoms with van der Waals surface area (Å²) in [6.45, 7) is 1.000. The second-order valence-corrected chi connectivity index (χ2v) is 8.35. The molecule has 0 N–H and O–H groups in total. The third-order valence-corrected chi connectivity index (χ3v) is 6.39. The molecular weight excluding hydrogens is 402 g/mol. The number of carbonyl (C=O) groups excluding carboxylic acids is 2. The van der Waals surface area contributed by atoms with E-state index in [4.69, 9.17) is 9.47 Å². The summed E-state index contributed by atoms with van der Waals surface area (Å²) in [4.78, 5) is 33.8. The van der Waals surface area contributed by atoms with Crippen LogP contribution in [0.4, 0.5) is 10.8 Å². The van der Waals surface area contributed by atoms with Crippen molar-refractivity contribution in [2.75, 3.05) is 36.1 Å². The van der Waals surface area contributed by atoms with Gasteiger partial charge in [-0.15, -0.1) is 0 Å². The van der Waals surface area contributed by atoms with Crippen molar-refractivity contribution in [2.45, 2.75) is 18.9 Å². The van der Waals surface area contributed by atoms with Crippen LogP contribution in [0, 0.1) is 0 Å². The second kappa shape index (κ2) is 8.04. The SMILES string of the molecule is O=C(CN1C(=O)COc2ccccc21)N(C[C@H]1CCCO1)c1nc2ccccc2s1. The van der Waals surface area contributed by atoms with Crippen LogP contribution in [0.5, 0.6) is 5.75 Å². The fourth-order valence-electron chi connectivity index (χ4n) is 3.80. The molecule has 0 bridgehead atoms. The Morgan fingerprint density at radius 1 is 1.20 bits per heavy atom. The average Bonchev–Trinajstić information content (AvgIpc) is 3.43. The molecule has 3 aromatic rings. The van der Waals surface area contributed by atoms with E-state index < -0.39 is 0 Å². The van der Waals surface area contributed by atoms with Gasteiger partial charge in [-0.1, -0.05) is 35.6 Å². The standard InChI is InChI=1S/C22H21N3O4S/c26-20(13-24-17-8-2-3-9-18(17)29-14-21(24)27)25(12-15-6-5-11-28-15)22-23-16-7-1-4-10-19(16)30-22/h1-4,7-10,15H,5-6,11-14H2/t15-/m1/s1. The normalized spacial score (nSPS) is 18.3. The number of amides is 2. The molecule has 0 spiro atoms. The van der Waals surface area contributed by atoms with Crippen molar-refractivity contribution in [1.29, 1.82) is 0 Å². The summed E-state index contributed by atoms with van der Waals surface area (Å²) in [5, 5.41) is 0.630. The van der Waals surface area contributed by atoms with Crippen LogP contribution in [0.1, 0.15) is 12.8 Å². The highest BCUT2D eigenvalue weighted by molar-refractivity contribution is 7.22. The first-order chi connectivity index (χ1) is 14.7. The van der Waals surface area contributed by atoms with Crippen molar-refractivity contribution in [3.8, 4) is 5.75 Å². The fourth-order valence-corrected chi connectivity index (χ4v) is 4.79. The number of hydrogen-bond acceptors (Lipinski definition) is 6. The number of nitrogens with zero attached hydrogens (tertiary/aromatic N) is 3. The lowest BCUT2D eigenvalue weighted by Crippen LogP contribution is -2.48. The van der Waals surface area contributed by atoms with Gasteiger partial charge in [0.1, 0.15) is 12.3 Å². The molecule has 0 unspecified atom stereocenters. The highest BCUT2D eigenvalue weighted by atomic mass is 32.1.